The summed E-state index contributed by atoms with van der Waals surface area (Å²) in [5, 5.41) is 1.15. The van der Waals surface area contributed by atoms with Crippen LogP contribution in [0.15, 0.2) is 29.2 Å². The van der Waals surface area contributed by atoms with Gasteiger partial charge in [-0.3, -0.25) is 13.8 Å². The Morgan fingerprint density at radius 2 is 1.94 bits per heavy atom. The predicted octanol–water partition coefficient (Wildman–Crippen LogP) is 1.51. The zero-order valence-corrected chi connectivity index (χ0v) is 11.1. The smallest absolute Gasteiger partial charge is 0.246 e. The lowest BCUT2D eigenvalue weighted by atomic mass is 10.2. The molecule has 1 atom stereocenters. The van der Waals surface area contributed by atoms with Crippen LogP contribution in [-0.4, -0.2) is 35.1 Å². The highest BCUT2D eigenvalue weighted by atomic mass is 32.2. The number of hydroxylamine groups is 2. The Morgan fingerprint density at radius 1 is 1.35 bits per heavy atom. The SMILES string of the molecule is CON(C)C(=O)CCS(=O)c1ccc(C)cc1. The standard InChI is InChI=1S/C12H17NO3S/c1-10-4-6-11(7-5-10)17(15)9-8-12(14)13(2)16-3/h4-7H,8-9H2,1-3H3. The van der Waals surface area contributed by atoms with Crippen LogP contribution in [-0.2, 0) is 20.4 Å². The molecule has 0 radical (unpaired) electrons. The molecule has 0 saturated heterocycles. The van der Waals surface area contributed by atoms with E-state index in [2.05, 4.69) is 0 Å². The van der Waals surface area contributed by atoms with Gasteiger partial charge in [0, 0.05) is 24.1 Å². The highest BCUT2D eigenvalue weighted by Gasteiger charge is 2.11. The number of hydrogen-bond acceptors (Lipinski definition) is 3. The van der Waals surface area contributed by atoms with Crippen molar-refractivity contribution in [1.82, 2.24) is 5.06 Å². The minimum Gasteiger partial charge on any atom is -0.275 e. The van der Waals surface area contributed by atoms with Gasteiger partial charge in [-0.25, -0.2) is 5.06 Å². The Bertz CT molecular complexity index is 403. The first-order valence-corrected chi connectivity index (χ1v) is 6.62. The second-order valence-corrected chi connectivity index (χ2v) is 5.26. The van der Waals surface area contributed by atoms with E-state index in [9.17, 15) is 9.00 Å². The van der Waals surface area contributed by atoms with Crippen molar-refractivity contribution >= 4 is 16.7 Å². The van der Waals surface area contributed by atoms with Crippen molar-refractivity contribution in [3.05, 3.63) is 29.8 Å². The normalized spacial score (nSPS) is 12.2. The van der Waals surface area contributed by atoms with Gasteiger partial charge in [-0.15, -0.1) is 0 Å². The molecule has 0 fully saturated rings. The Balaban J connectivity index is 2.50. The molecule has 0 aliphatic heterocycles. The number of amides is 1. The molecule has 17 heavy (non-hydrogen) atoms. The first-order chi connectivity index (χ1) is 8.04. The van der Waals surface area contributed by atoms with Crippen molar-refractivity contribution in [1.29, 1.82) is 0 Å². The Labute approximate surface area is 104 Å². The topological polar surface area (TPSA) is 46.6 Å². The fourth-order valence-corrected chi connectivity index (χ4v) is 2.28. The largest absolute Gasteiger partial charge is 0.275 e. The van der Waals surface area contributed by atoms with E-state index in [1.807, 2.05) is 31.2 Å². The van der Waals surface area contributed by atoms with E-state index < -0.39 is 10.8 Å². The molecule has 0 spiro atoms. The molecular formula is C12H17NO3S. The number of rotatable bonds is 5. The maximum absolute atomic E-state index is 11.9. The lowest BCUT2D eigenvalue weighted by Crippen LogP contribution is -2.26. The maximum atomic E-state index is 11.9. The zero-order chi connectivity index (χ0) is 12.8. The number of hydrogen-bond donors (Lipinski definition) is 0. The molecule has 1 aromatic rings. The van der Waals surface area contributed by atoms with Gasteiger partial charge in [-0.2, -0.15) is 0 Å². The van der Waals surface area contributed by atoms with Gasteiger partial charge in [-0.05, 0) is 19.1 Å². The van der Waals surface area contributed by atoms with Crippen LogP contribution in [0.3, 0.4) is 0 Å². The summed E-state index contributed by atoms with van der Waals surface area (Å²) >= 11 is 0. The first kappa shape index (κ1) is 13.9. The second-order valence-electron chi connectivity index (χ2n) is 3.69. The van der Waals surface area contributed by atoms with Crippen LogP contribution in [0.4, 0.5) is 0 Å². The lowest BCUT2D eigenvalue weighted by Gasteiger charge is -2.13. The molecule has 0 aliphatic carbocycles. The fourth-order valence-electron chi connectivity index (χ4n) is 1.25. The number of aryl methyl sites for hydroxylation is 1. The number of carbonyl (C=O) groups excluding carboxylic acids is 1. The quantitative estimate of drug-likeness (QED) is 0.749. The van der Waals surface area contributed by atoms with Crippen molar-refractivity contribution in [2.24, 2.45) is 0 Å². The molecule has 1 aromatic carbocycles. The first-order valence-electron chi connectivity index (χ1n) is 5.30. The molecule has 0 aromatic heterocycles. The third-order valence-corrected chi connectivity index (χ3v) is 3.78. The minimum atomic E-state index is -1.13. The maximum Gasteiger partial charge on any atom is 0.246 e. The molecule has 94 valence electrons. The van der Waals surface area contributed by atoms with Gasteiger partial charge in [0.1, 0.15) is 0 Å². The highest BCUT2D eigenvalue weighted by molar-refractivity contribution is 7.85. The van der Waals surface area contributed by atoms with Crippen LogP contribution in [0.2, 0.25) is 0 Å². The molecule has 0 aliphatic rings. The van der Waals surface area contributed by atoms with Crippen LogP contribution >= 0.6 is 0 Å². The summed E-state index contributed by atoms with van der Waals surface area (Å²) in [4.78, 5) is 16.9. The minimum absolute atomic E-state index is 0.173. The number of benzene rings is 1. The molecular weight excluding hydrogens is 238 g/mol. The van der Waals surface area contributed by atoms with E-state index in [0.717, 1.165) is 15.5 Å². The van der Waals surface area contributed by atoms with Crippen LogP contribution in [0, 0.1) is 6.92 Å². The Hall–Kier alpha value is -1.20. The van der Waals surface area contributed by atoms with Crippen molar-refractivity contribution < 1.29 is 13.8 Å². The summed E-state index contributed by atoms with van der Waals surface area (Å²) in [5.74, 6) is 0.142. The lowest BCUT2D eigenvalue weighted by molar-refractivity contribution is -0.168. The van der Waals surface area contributed by atoms with Crippen molar-refractivity contribution in [2.45, 2.75) is 18.2 Å². The van der Waals surface area contributed by atoms with E-state index in [-0.39, 0.29) is 12.3 Å². The van der Waals surface area contributed by atoms with Gasteiger partial charge < -0.3 is 0 Å². The summed E-state index contributed by atoms with van der Waals surface area (Å²) in [7, 11) is 1.83. The van der Waals surface area contributed by atoms with Crippen molar-refractivity contribution in [2.75, 3.05) is 19.9 Å². The van der Waals surface area contributed by atoms with Crippen molar-refractivity contribution in [3.8, 4) is 0 Å². The predicted molar refractivity (Wildman–Crippen MR) is 66.9 cm³/mol. The number of carbonyl (C=O) groups is 1. The van der Waals surface area contributed by atoms with Crippen molar-refractivity contribution in [3.63, 3.8) is 0 Å². The average molecular weight is 255 g/mol. The van der Waals surface area contributed by atoms with Crippen LogP contribution in [0.25, 0.3) is 0 Å². The molecule has 4 nitrogen and oxygen atoms in total. The molecule has 5 heteroatoms. The third kappa shape index (κ3) is 4.28. The summed E-state index contributed by atoms with van der Waals surface area (Å²) in [6.45, 7) is 1.98. The average Bonchev–Trinajstić information content (AvgIpc) is 2.35. The molecule has 1 unspecified atom stereocenters. The van der Waals surface area contributed by atoms with Gasteiger partial charge >= 0.3 is 0 Å². The Kier molecular flexibility index (Phi) is 5.31. The van der Waals surface area contributed by atoms with Crippen LogP contribution in [0.1, 0.15) is 12.0 Å². The molecule has 0 heterocycles. The van der Waals surface area contributed by atoms with Crippen LogP contribution in [0.5, 0.6) is 0 Å². The van der Waals surface area contributed by atoms with Gasteiger partial charge in [-0.1, -0.05) is 17.7 Å². The monoisotopic (exact) mass is 255 g/mol. The fraction of sp³-hybridized carbons (Fsp3) is 0.417. The highest BCUT2D eigenvalue weighted by Crippen LogP contribution is 2.09. The summed E-state index contributed by atoms with van der Waals surface area (Å²) in [5.41, 5.74) is 1.13. The number of nitrogens with zero attached hydrogens (tertiary/aromatic N) is 1. The van der Waals surface area contributed by atoms with E-state index in [0.29, 0.717) is 5.75 Å². The summed E-state index contributed by atoms with van der Waals surface area (Å²) in [6.07, 6.45) is 0.213. The summed E-state index contributed by atoms with van der Waals surface area (Å²) in [6, 6.07) is 7.48. The van der Waals surface area contributed by atoms with Gasteiger partial charge in [0.05, 0.1) is 17.9 Å². The molecule has 0 N–H and O–H groups in total. The molecule has 0 bridgehead atoms. The third-order valence-electron chi connectivity index (χ3n) is 2.41. The molecule has 0 saturated carbocycles. The Morgan fingerprint density at radius 3 is 2.47 bits per heavy atom. The van der Waals surface area contributed by atoms with E-state index >= 15 is 0 Å². The van der Waals surface area contributed by atoms with Gasteiger partial charge in [0.25, 0.3) is 0 Å². The van der Waals surface area contributed by atoms with Crippen LogP contribution < -0.4 is 0 Å². The molecule has 1 rings (SSSR count). The van der Waals surface area contributed by atoms with Gasteiger partial charge in [0.15, 0.2) is 0 Å². The van der Waals surface area contributed by atoms with Gasteiger partial charge in [0.2, 0.25) is 5.91 Å². The molecule has 1 amide bonds. The zero-order valence-electron chi connectivity index (χ0n) is 10.3. The van der Waals surface area contributed by atoms with E-state index in [4.69, 9.17) is 4.84 Å². The summed E-state index contributed by atoms with van der Waals surface area (Å²) < 4.78 is 11.9. The second kappa shape index (κ2) is 6.51. The van der Waals surface area contributed by atoms with E-state index in [1.54, 1.807) is 0 Å². The van der Waals surface area contributed by atoms with E-state index in [1.165, 1.54) is 14.2 Å².